The Labute approximate surface area is 128 Å². The lowest BCUT2D eigenvalue weighted by molar-refractivity contribution is -0.132. The Kier molecular flexibility index (Phi) is 6.03. The number of likely N-dealkylation sites (N-methyl/N-ethyl adjacent to an activating group) is 1. The lowest BCUT2D eigenvalue weighted by atomic mass is 9.87. The van der Waals surface area contributed by atoms with Gasteiger partial charge in [-0.2, -0.15) is 0 Å². The fraction of sp³-hybridized carbons (Fsp3) is 0.875. The highest BCUT2D eigenvalue weighted by molar-refractivity contribution is 5.85. The molecule has 0 bridgehead atoms. The van der Waals surface area contributed by atoms with Crippen molar-refractivity contribution >= 4 is 11.8 Å². The van der Waals surface area contributed by atoms with Crippen LogP contribution in [0, 0.1) is 5.92 Å². The van der Waals surface area contributed by atoms with Gasteiger partial charge in [-0.25, -0.2) is 0 Å². The molecule has 2 rings (SSSR count). The summed E-state index contributed by atoms with van der Waals surface area (Å²) in [4.78, 5) is 27.8. The Balaban J connectivity index is 1.65. The van der Waals surface area contributed by atoms with Crippen LogP contribution in [0.3, 0.4) is 0 Å². The van der Waals surface area contributed by atoms with Gasteiger partial charge in [0.2, 0.25) is 11.8 Å². The summed E-state index contributed by atoms with van der Waals surface area (Å²) in [7, 11) is 2.02. The summed E-state index contributed by atoms with van der Waals surface area (Å²) in [5.41, 5.74) is 0. The van der Waals surface area contributed by atoms with E-state index in [1.165, 1.54) is 25.7 Å². The Morgan fingerprint density at radius 3 is 2.38 bits per heavy atom. The van der Waals surface area contributed by atoms with Crippen molar-refractivity contribution < 1.29 is 9.59 Å². The largest absolute Gasteiger partial charge is 0.346 e. The standard InChI is InChI=1S/C16H29N3O2/c1-13-5-7-14(8-6-13)18(2)12-15(20)17-11-16(21)19-9-3-4-10-19/h13-14H,3-12H2,1-2H3,(H,17,20). The Bertz CT molecular complexity index is 359. The van der Waals surface area contributed by atoms with E-state index in [4.69, 9.17) is 0 Å². The molecule has 5 nitrogen and oxygen atoms in total. The molecule has 2 amide bonds. The van der Waals surface area contributed by atoms with E-state index >= 15 is 0 Å². The van der Waals surface area contributed by atoms with Gasteiger partial charge in [0.05, 0.1) is 13.1 Å². The maximum atomic E-state index is 12.0. The fourth-order valence-corrected chi connectivity index (χ4v) is 3.35. The van der Waals surface area contributed by atoms with Crippen molar-refractivity contribution in [2.75, 3.05) is 33.2 Å². The van der Waals surface area contributed by atoms with Crippen LogP contribution in [0.2, 0.25) is 0 Å². The lowest BCUT2D eigenvalue weighted by Crippen LogP contribution is -2.45. The minimum Gasteiger partial charge on any atom is -0.346 e. The molecule has 2 fully saturated rings. The average Bonchev–Trinajstić information content (AvgIpc) is 2.99. The van der Waals surface area contributed by atoms with Crippen LogP contribution in [-0.4, -0.2) is 60.9 Å². The van der Waals surface area contributed by atoms with Crippen LogP contribution in [0.15, 0.2) is 0 Å². The lowest BCUT2D eigenvalue weighted by Gasteiger charge is -2.33. The van der Waals surface area contributed by atoms with Gasteiger partial charge >= 0.3 is 0 Å². The highest BCUT2D eigenvalue weighted by Crippen LogP contribution is 2.26. The van der Waals surface area contributed by atoms with E-state index in [1.807, 2.05) is 11.9 Å². The van der Waals surface area contributed by atoms with Crippen LogP contribution in [-0.2, 0) is 9.59 Å². The highest BCUT2D eigenvalue weighted by atomic mass is 16.2. The molecule has 0 aromatic rings. The molecule has 0 aromatic carbocycles. The normalized spacial score (nSPS) is 26.1. The summed E-state index contributed by atoms with van der Waals surface area (Å²) in [5, 5.41) is 2.77. The van der Waals surface area contributed by atoms with E-state index in [1.54, 1.807) is 0 Å². The number of hydrogen-bond acceptors (Lipinski definition) is 3. The number of carbonyl (C=O) groups excluding carboxylic acids is 2. The van der Waals surface area contributed by atoms with E-state index in [0.29, 0.717) is 12.6 Å². The second kappa shape index (κ2) is 7.78. The summed E-state index contributed by atoms with van der Waals surface area (Å²) < 4.78 is 0. The molecular weight excluding hydrogens is 266 g/mol. The quantitative estimate of drug-likeness (QED) is 0.830. The first-order valence-corrected chi connectivity index (χ1v) is 8.31. The number of nitrogens with one attached hydrogen (secondary N) is 1. The molecule has 5 heteroatoms. The SMILES string of the molecule is CC1CCC(N(C)CC(=O)NCC(=O)N2CCCC2)CC1. The number of carbonyl (C=O) groups is 2. The van der Waals surface area contributed by atoms with Crippen LogP contribution in [0.5, 0.6) is 0 Å². The topological polar surface area (TPSA) is 52.7 Å². The molecule has 0 aromatic heterocycles. The molecule has 1 saturated heterocycles. The number of hydrogen-bond donors (Lipinski definition) is 1. The second-order valence-corrected chi connectivity index (χ2v) is 6.69. The third kappa shape index (κ3) is 4.99. The number of amides is 2. The van der Waals surface area contributed by atoms with Gasteiger partial charge in [0.1, 0.15) is 0 Å². The van der Waals surface area contributed by atoms with Crippen molar-refractivity contribution in [2.45, 2.75) is 51.5 Å². The predicted octanol–water partition coefficient (Wildman–Crippen LogP) is 1.24. The summed E-state index contributed by atoms with van der Waals surface area (Å²) in [6.07, 6.45) is 7.04. The number of nitrogens with zero attached hydrogens (tertiary/aromatic N) is 2. The van der Waals surface area contributed by atoms with Gasteiger partial charge in [0.15, 0.2) is 0 Å². The summed E-state index contributed by atoms with van der Waals surface area (Å²) in [5.74, 6) is 0.834. The van der Waals surface area contributed by atoms with E-state index in [9.17, 15) is 9.59 Å². The van der Waals surface area contributed by atoms with Gasteiger partial charge in [-0.1, -0.05) is 6.92 Å². The van der Waals surface area contributed by atoms with Crippen molar-refractivity contribution in [1.29, 1.82) is 0 Å². The molecule has 0 unspecified atom stereocenters. The molecule has 0 radical (unpaired) electrons. The molecule has 2 aliphatic rings. The maximum absolute atomic E-state index is 12.0. The van der Waals surface area contributed by atoms with Crippen LogP contribution in [0.1, 0.15) is 45.4 Å². The van der Waals surface area contributed by atoms with Crippen LogP contribution < -0.4 is 5.32 Å². The van der Waals surface area contributed by atoms with Gasteiger partial charge in [-0.15, -0.1) is 0 Å². The molecule has 1 aliphatic carbocycles. The van der Waals surface area contributed by atoms with Crippen LogP contribution >= 0.6 is 0 Å². The van der Waals surface area contributed by atoms with Crippen molar-refractivity contribution in [3.05, 3.63) is 0 Å². The van der Waals surface area contributed by atoms with Crippen molar-refractivity contribution in [2.24, 2.45) is 5.92 Å². The zero-order chi connectivity index (χ0) is 15.2. The molecule has 1 N–H and O–H groups in total. The third-order valence-corrected chi connectivity index (χ3v) is 4.90. The van der Waals surface area contributed by atoms with Crippen LogP contribution in [0.4, 0.5) is 0 Å². The van der Waals surface area contributed by atoms with Gasteiger partial charge < -0.3 is 10.2 Å². The molecule has 1 aliphatic heterocycles. The van der Waals surface area contributed by atoms with Crippen LogP contribution in [0.25, 0.3) is 0 Å². The minimum absolute atomic E-state index is 0.0383. The highest BCUT2D eigenvalue weighted by Gasteiger charge is 2.23. The Morgan fingerprint density at radius 1 is 1.14 bits per heavy atom. The summed E-state index contributed by atoms with van der Waals surface area (Å²) >= 11 is 0. The van der Waals surface area contributed by atoms with E-state index in [0.717, 1.165) is 31.8 Å². The molecule has 1 saturated carbocycles. The van der Waals surface area contributed by atoms with Gasteiger partial charge in [0, 0.05) is 19.1 Å². The average molecular weight is 295 g/mol. The first-order chi connectivity index (χ1) is 10.1. The van der Waals surface area contributed by atoms with E-state index in [-0.39, 0.29) is 18.4 Å². The summed E-state index contributed by atoms with van der Waals surface area (Å²) in [6, 6.07) is 0.515. The van der Waals surface area contributed by atoms with E-state index in [2.05, 4.69) is 17.1 Å². The van der Waals surface area contributed by atoms with Crippen molar-refractivity contribution in [3.63, 3.8) is 0 Å². The second-order valence-electron chi connectivity index (χ2n) is 6.69. The summed E-state index contributed by atoms with van der Waals surface area (Å²) in [6.45, 7) is 4.53. The Hall–Kier alpha value is -1.10. The molecule has 0 atom stereocenters. The first-order valence-electron chi connectivity index (χ1n) is 8.31. The molecule has 1 heterocycles. The first kappa shape index (κ1) is 16.3. The van der Waals surface area contributed by atoms with Gasteiger partial charge in [-0.3, -0.25) is 14.5 Å². The number of likely N-dealkylation sites (tertiary alicyclic amines) is 1. The predicted molar refractivity (Wildman–Crippen MR) is 82.9 cm³/mol. The minimum atomic E-state index is -0.0383. The van der Waals surface area contributed by atoms with E-state index < -0.39 is 0 Å². The molecular formula is C16H29N3O2. The molecule has 120 valence electrons. The third-order valence-electron chi connectivity index (χ3n) is 4.90. The Morgan fingerprint density at radius 2 is 1.76 bits per heavy atom. The van der Waals surface area contributed by atoms with Crippen molar-refractivity contribution in [3.8, 4) is 0 Å². The molecule has 21 heavy (non-hydrogen) atoms. The number of rotatable bonds is 5. The van der Waals surface area contributed by atoms with Crippen molar-refractivity contribution in [1.82, 2.24) is 15.1 Å². The van der Waals surface area contributed by atoms with Gasteiger partial charge in [-0.05, 0) is 51.5 Å². The smallest absolute Gasteiger partial charge is 0.241 e. The fourth-order valence-electron chi connectivity index (χ4n) is 3.35. The molecule has 0 spiro atoms. The zero-order valence-corrected chi connectivity index (χ0v) is 13.4. The monoisotopic (exact) mass is 295 g/mol. The van der Waals surface area contributed by atoms with Gasteiger partial charge in [0.25, 0.3) is 0 Å². The zero-order valence-electron chi connectivity index (χ0n) is 13.4. The maximum Gasteiger partial charge on any atom is 0.241 e.